The zero-order valence-electron chi connectivity index (χ0n) is 15.3. The fraction of sp³-hybridized carbons (Fsp3) is 0.250. The smallest absolute Gasteiger partial charge is 0.341 e. The number of carboxylic acid groups (broad SMARTS) is 1. The van der Waals surface area contributed by atoms with Gasteiger partial charge in [0.05, 0.1) is 5.39 Å². The highest BCUT2D eigenvalue weighted by Gasteiger charge is 2.25. The molecule has 1 atom stereocenters. The van der Waals surface area contributed by atoms with Gasteiger partial charge in [-0.3, -0.25) is 4.79 Å². The number of aromatic carboxylic acids is 1. The van der Waals surface area contributed by atoms with E-state index in [0.29, 0.717) is 25.1 Å². The van der Waals surface area contributed by atoms with E-state index in [1.165, 1.54) is 22.8 Å². The molecule has 0 radical (unpaired) electrons. The summed E-state index contributed by atoms with van der Waals surface area (Å²) in [5, 5.41) is 9.23. The Morgan fingerprint density at radius 1 is 1.31 bits per heavy atom. The predicted molar refractivity (Wildman–Crippen MR) is 103 cm³/mol. The monoisotopic (exact) mass is 400 g/mol. The van der Waals surface area contributed by atoms with Crippen LogP contribution >= 0.6 is 0 Å². The molecule has 1 aromatic carbocycles. The van der Waals surface area contributed by atoms with Gasteiger partial charge in [0.15, 0.2) is 11.6 Å². The van der Waals surface area contributed by atoms with Crippen molar-refractivity contribution in [1.29, 1.82) is 0 Å². The Balaban J connectivity index is 1.92. The van der Waals surface area contributed by atoms with Crippen molar-refractivity contribution in [2.75, 3.05) is 18.0 Å². The fourth-order valence-electron chi connectivity index (χ4n) is 3.58. The number of nitrogens with zero attached hydrogens (tertiary/aromatic N) is 3. The van der Waals surface area contributed by atoms with Crippen LogP contribution in [0.1, 0.15) is 22.3 Å². The van der Waals surface area contributed by atoms with Gasteiger partial charge in [0.2, 0.25) is 5.43 Å². The average molecular weight is 400 g/mol. The molecule has 2 aromatic heterocycles. The molecule has 4 rings (SSSR count). The maximum absolute atomic E-state index is 14.7. The van der Waals surface area contributed by atoms with Gasteiger partial charge in [-0.1, -0.05) is 12.1 Å². The number of fused-ring (bicyclic) bond motifs is 1. The van der Waals surface area contributed by atoms with E-state index in [0.717, 1.165) is 12.3 Å². The summed E-state index contributed by atoms with van der Waals surface area (Å²) >= 11 is 0. The van der Waals surface area contributed by atoms with Crippen LogP contribution in [0, 0.1) is 11.6 Å². The first-order chi connectivity index (χ1) is 13.8. The molecule has 0 aliphatic carbocycles. The van der Waals surface area contributed by atoms with Crippen LogP contribution in [0.4, 0.5) is 14.6 Å². The predicted octanol–water partition coefficient (Wildman–Crippen LogP) is 1.96. The standard InChI is InChI=1S/C20H18F2N4O3/c21-12-3-1-2-11(6-12)8-26-10-15(20(28)29)17(27)14-7-16(22)19(24-18(14)26)25-5-4-13(23)9-25/h1-3,6-7,10,13H,4-5,8-9,23H2,(H,28,29). The number of anilines is 1. The van der Waals surface area contributed by atoms with Gasteiger partial charge in [-0.25, -0.2) is 18.6 Å². The third-order valence-corrected chi connectivity index (χ3v) is 4.98. The van der Waals surface area contributed by atoms with Gasteiger partial charge in [0.1, 0.15) is 17.0 Å². The van der Waals surface area contributed by atoms with Crippen molar-refractivity contribution in [3.63, 3.8) is 0 Å². The average Bonchev–Trinajstić information content (AvgIpc) is 3.09. The molecule has 9 heteroatoms. The molecule has 3 heterocycles. The zero-order valence-corrected chi connectivity index (χ0v) is 15.3. The second-order valence-electron chi connectivity index (χ2n) is 7.09. The summed E-state index contributed by atoms with van der Waals surface area (Å²) in [5.41, 5.74) is 5.24. The minimum atomic E-state index is -1.43. The Kier molecular flexibility index (Phi) is 4.75. The Labute approximate surface area is 164 Å². The molecule has 7 nitrogen and oxygen atoms in total. The molecule has 0 saturated carbocycles. The van der Waals surface area contributed by atoms with Gasteiger partial charge < -0.3 is 20.3 Å². The molecule has 0 spiro atoms. The SMILES string of the molecule is NC1CCN(c2nc3c(cc2F)c(=O)c(C(=O)O)cn3Cc2cccc(F)c2)C1. The number of nitrogens with two attached hydrogens (primary N) is 1. The molecule has 1 aliphatic heterocycles. The molecule has 1 aliphatic rings. The van der Waals surface area contributed by atoms with E-state index in [2.05, 4.69) is 4.98 Å². The molecule has 0 amide bonds. The number of benzene rings is 1. The lowest BCUT2D eigenvalue weighted by Crippen LogP contribution is -2.28. The van der Waals surface area contributed by atoms with Crippen molar-refractivity contribution >= 4 is 22.8 Å². The number of halogens is 2. The van der Waals surface area contributed by atoms with E-state index >= 15 is 0 Å². The Bertz CT molecular complexity index is 1180. The largest absolute Gasteiger partial charge is 0.477 e. The highest BCUT2D eigenvalue weighted by Crippen LogP contribution is 2.25. The Hall–Kier alpha value is -3.33. The summed E-state index contributed by atoms with van der Waals surface area (Å²) in [6.07, 6.45) is 1.84. The van der Waals surface area contributed by atoms with E-state index < -0.39 is 28.6 Å². The molecular weight excluding hydrogens is 382 g/mol. The van der Waals surface area contributed by atoms with Crippen LogP contribution < -0.4 is 16.1 Å². The van der Waals surface area contributed by atoms with Crippen LogP contribution in [0.3, 0.4) is 0 Å². The Morgan fingerprint density at radius 2 is 2.10 bits per heavy atom. The third kappa shape index (κ3) is 3.56. The van der Waals surface area contributed by atoms with Crippen LogP contribution in [0.5, 0.6) is 0 Å². The van der Waals surface area contributed by atoms with E-state index in [9.17, 15) is 23.5 Å². The molecule has 3 aromatic rings. The molecule has 1 unspecified atom stereocenters. The summed E-state index contributed by atoms with van der Waals surface area (Å²) in [6.45, 7) is 1.01. The quantitative estimate of drug-likeness (QED) is 0.694. The molecule has 29 heavy (non-hydrogen) atoms. The van der Waals surface area contributed by atoms with Gasteiger partial charge in [-0.15, -0.1) is 0 Å². The van der Waals surface area contributed by atoms with Gasteiger partial charge in [0.25, 0.3) is 0 Å². The molecule has 0 bridgehead atoms. The highest BCUT2D eigenvalue weighted by atomic mass is 19.1. The van der Waals surface area contributed by atoms with Crippen molar-refractivity contribution in [1.82, 2.24) is 9.55 Å². The number of hydrogen-bond acceptors (Lipinski definition) is 5. The molecule has 1 saturated heterocycles. The second kappa shape index (κ2) is 7.25. The normalized spacial score (nSPS) is 16.5. The fourth-order valence-corrected chi connectivity index (χ4v) is 3.58. The molecule has 3 N–H and O–H groups in total. The van der Waals surface area contributed by atoms with E-state index in [-0.39, 0.29) is 29.4 Å². The van der Waals surface area contributed by atoms with Gasteiger partial charge in [0, 0.05) is 31.9 Å². The number of rotatable bonds is 4. The van der Waals surface area contributed by atoms with Crippen molar-refractivity contribution in [3.05, 3.63) is 69.5 Å². The summed E-state index contributed by atoms with van der Waals surface area (Å²) < 4.78 is 29.7. The van der Waals surface area contributed by atoms with Gasteiger partial charge in [-0.2, -0.15) is 0 Å². The molecule has 1 fully saturated rings. The van der Waals surface area contributed by atoms with Gasteiger partial charge in [-0.05, 0) is 30.2 Å². The lowest BCUT2D eigenvalue weighted by molar-refractivity contribution is 0.0695. The van der Waals surface area contributed by atoms with Crippen molar-refractivity contribution in [2.45, 2.75) is 19.0 Å². The van der Waals surface area contributed by atoms with E-state index in [1.54, 1.807) is 11.0 Å². The third-order valence-electron chi connectivity index (χ3n) is 4.98. The van der Waals surface area contributed by atoms with Crippen molar-refractivity contribution in [3.8, 4) is 0 Å². The first-order valence-corrected chi connectivity index (χ1v) is 9.05. The molecule has 150 valence electrons. The summed E-state index contributed by atoms with van der Waals surface area (Å²) in [6, 6.07) is 6.69. The summed E-state index contributed by atoms with van der Waals surface area (Å²) in [5.74, 6) is -2.54. The maximum atomic E-state index is 14.7. The minimum Gasteiger partial charge on any atom is -0.477 e. The topological polar surface area (TPSA) is 101 Å². The zero-order chi connectivity index (χ0) is 20.7. The van der Waals surface area contributed by atoms with E-state index in [1.807, 2.05) is 0 Å². The van der Waals surface area contributed by atoms with Crippen LogP contribution in [-0.2, 0) is 6.54 Å². The lowest BCUT2D eigenvalue weighted by atomic mass is 10.1. The number of aromatic nitrogens is 2. The number of carboxylic acids is 1. The number of pyridine rings is 2. The summed E-state index contributed by atoms with van der Waals surface area (Å²) in [4.78, 5) is 30.1. The molecular formula is C20H18F2N4O3. The van der Waals surface area contributed by atoms with Crippen molar-refractivity contribution in [2.24, 2.45) is 5.73 Å². The summed E-state index contributed by atoms with van der Waals surface area (Å²) in [7, 11) is 0. The lowest BCUT2D eigenvalue weighted by Gasteiger charge is -2.19. The first-order valence-electron chi connectivity index (χ1n) is 9.05. The highest BCUT2D eigenvalue weighted by molar-refractivity contribution is 5.92. The second-order valence-corrected chi connectivity index (χ2v) is 7.09. The van der Waals surface area contributed by atoms with Crippen LogP contribution in [0.2, 0.25) is 0 Å². The minimum absolute atomic E-state index is 0.0564. The van der Waals surface area contributed by atoms with Gasteiger partial charge >= 0.3 is 5.97 Å². The number of carbonyl (C=O) groups is 1. The first kappa shape index (κ1) is 19.0. The van der Waals surface area contributed by atoms with Crippen LogP contribution in [0.15, 0.2) is 41.3 Å². The van der Waals surface area contributed by atoms with Crippen LogP contribution in [-0.4, -0.2) is 39.8 Å². The Morgan fingerprint density at radius 3 is 2.76 bits per heavy atom. The van der Waals surface area contributed by atoms with Crippen molar-refractivity contribution < 1.29 is 18.7 Å². The number of hydrogen-bond donors (Lipinski definition) is 2. The maximum Gasteiger partial charge on any atom is 0.341 e. The van der Waals surface area contributed by atoms with Crippen LogP contribution in [0.25, 0.3) is 11.0 Å². The van der Waals surface area contributed by atoms with E-state index in [4.69, 9.17) is 5.73 Å².